The van der Waals surface area contributed by atoms with E-state index < -0.39 is 5.97 Å². The Hall–Kier alpha value is -1.31. The standard InChI is InChI=1S/C22H38O2/c1-2-3-4-5-6-7-8-9-10-11-12-13-14-15-16-17-18-19-20-21-22(23)24/h16-21H,2-15H2,1H3,(H,23,24)/b17-16+,19-18+,21-20+. The first kappa shape index (κ1) is 22.7. The first-order valence-electron chi connectivity index (χ1n) is 10.00. The maximum atomic E-state index is 10.2. The number of hydrogen-bond acceptors (Lipinski definition) is 1. The quantitative estimate of drug-likeness (QED) is 0.173. The first-order valence-corrected chi connectivity index (χ1v) is 10.00. The van der Waals surface area contributed by atoms with E-state index in [4.69, 9.17) is 5.11 Å². The van der Waals surface area contributed by atoms with Crippen molar-refractivity contribution < 1.29 is 9.90 Å². The summed E-state index contributed by atoms with van der Waals surface area (Å²) in [5.74, 6) is -0.907. The van der Waals surface area contributed by atoms with Crippen LogP contribution in [0.5, 0.6) is 0 Å². The Morgan fingerprint density at radius 3 is 1.62 bits per heavy atom. The van der Waals surface area contributed by atoms with Crippen molar-refractivity contribution in [1.82, 2.24) is 0 Å². The average Bonchev–Trinajstić information content (AvgIpc) is 2.56. The van der Waals surface area contributed by atoms with Gasteiger partial charge in [0.15, 0.2) is 0 Å². The highest BCUT2D eigenvalue weighted by atomic mass is 16.4. The second-order valence-corrected chi connectivity index (χ2v) is 6.54. The number of carboxylic acid groups (broad SMARTS) is 1. The fourth-order valence-electron chi connectivity index (χ4n) is 2.72. The zero-order valence-corrected chi connectivity index (χ0v) is 15.7. The van der Waals surface area contributed by atoms with E-state index in [1.165, 1.54) is 89.5 Å². The number of allylic oxidation sites excluding steroid dienone is 5. The van der Waals surface area contributed by atoms with Crippen LogP contribution in [0.1, 0.15) is 96.8 Å². The molecule has 0 aromatic rings. The Labute approximate surface area is 149 Å². The van der Waals surface area contributed by atoms with Crippen LogP contribution in [0, 0.1) is 0 Å². The molecule has 0 unspecified atom stereocenters. The van der Waals surface area contributed by atoms with Gasteiger partial charge in [-0.15, -0.1) is 0 Å². The van der Waals surface area contributed by atoms with Gasteiger partial charge in [0.1, 0.15) is 0 Å². The fourth-order valence-corrected chi connectivity index (χ4v) is 2.72. The van der Waals surface area contributed by atoms with Crippen LogP contribution in [0.4, 0.5) is 0 Å². The van der Waals surface area contributed by atoms with Crippen LogP contribution in [0.15, 0.2) is 36.5 Å². The minimum absolute atomic E-state index is 0.907. The molecule has 0 saturated heterocycles. The summed E-state index contributed by atoms with van der Waals surface area (Å²) in [5, 5.41) is 8.42. The van der Waals surface area contributed by atoms with Crippen molar-refractivity contribution in [3.05, 3.63) is 36.5 Å². The Balaban J connectivity index is 3.18. The van der Waals surface area contributed by atoms with Crippen molar-refractivity contribution in [2.24, 2.45) is 0 Å². The van der Waals surface area contributed by atoms with E-state index in [0.717, 1.165) is 12.5 Å². The van der Waals surface area contributed by atoms with Crippen LogP contribution in [0.2, 0.25) is 0 Å². The summed E-state index contributed by atoms with van der Waals surface area (Å²) in [6.07, 6.45) is 29.6. The SMILES string of the molecule is CCCCCCCCCCCCCCC/C=C/C=C/C=C/C(=O)O. The van der Waals surface area contributed by atoms with Crippen molar-refractivity contribution in [2.75, 3.05) is 0 Å². The second-order valence-electron chi connectivity index (χ2n) is 6.54. The predicted molar refractivity (Wildman–Crippen MR) is 105 cm³/mol. The molecule has 0 heterocycles. The highest BCUT2D eigenvalue weighted by Gasteiger charge is 1.93. The zero-order valence-electron chi connectivity index (χ0n) is 15.7. The van der Waals surface area contributed by atoms with E-state index in [2.05, 4.69) is 13.0 Å². The molecule has 0 aromatic heterocycles. The molecular formula is C22H38O2. The molecule has 0 aliphatic carbocycles. The Kier molecular flexibility index (Phi) is 18.7. The minimum atomic E-state index is -0.907. The summed E-state index contributed by atoms with van der Waals surface area (Å²) in [5.41, 5.74) is 0. The van der Waals surface area contributed by atoms with Crippen molar-refractivity contribution in [2.45, 2.75) is 96.8 Å². The highest BCUT2D eigenvalue weighted by molar-refractivity contribution is 5.80. The van der Waals surface area contributed by atoms with Gasteiger partial charge in [-0.2, -0.15) is 0 Å². The molecular weight excluding hydrogens is 296 g/mol. The first-order chi connectivity index (χ1) is 11.8. The van der Waals surface area contributed by atoms with Gasteiger partial charge >= 0.3 is 5.97 Å². The molecule has 0 spiro atoms. The number of rotatable bonds is 17. The molecule has 0 aromatic carbocycles. The van der Waals surface area contributed by atoms with Gasteiger partial charge in [-0.1, -0.05) is 114 Å². The van der Waals surface area contributed by atoms with Crippen LogP contribution in [0.3, 0.4) is 0 Å². The lowest BCUT2D eigenvalue weighted by Crippen LogP contribution is -1.84. The number of hydrogen-bond donors (Lipinski definition) is 1. The van der Waals surface area contributed by atoms with Crippen LogP contribution in [-0.4, -0.2) is 11.1 Å². The summed E-state index contributed by atoms with van der Waals surface area (Å²) in [7, 11) is 0. The van der Waals surface area contributed by atoms with Gasteiger partial charge in [0, 0.05) is 6.08 Å². The van der Waals surface area contributed by atoms with E-state index in [-0.39, 0.29) is 0 Å². The van der Waals surface area contributed by atoms with Gasteiger partial charge in [0.25, 0.3) is 0 Å². The monoisotopic (exact) mass is 334 g/mol. The average molecular weight is 335 g/mol. The predicted octanol–water partition coefficient (Wildman–Crippen LogP) is 7.22. The van der Waals surface area contributed by atoms with Gasteiger partial charge in [0.2, 0.25) is 0 Å². The summed E-state index contributed by atoms with van der Waals surface area (Å²) < 4.78 is 0. The van der Waals surface area contributed by atoms with Crippen LogP contribution in [-0.2, 0) is 4.79 Å². The summed E-state index contributed by atoms with van der Waals surface area (Å²) in [6, 6.07) is 0. The van der Waals surface area contributed by atoms with E-state index in [1.807, 2.05) is 12.2 Å². The number of aliphatic carboxylic acids is 1. The molecule has 24 heavy (non-hydrogen) atoms. The molecule has 0 rings (SSSR count). The molecule has 138 valence electrons. The van der Waals surface area contributed by atoms with Crippen molar-refractivity contribution in [3.63, 3.8) is 0 Å². The van der Waals surface area contributed by atoms with Gasteiger partial charge in [-0.25, -0.2) is 4.79 Å². The normalized spacial score (nSPS) is 12.0. The largest absolute Gasteiger partial charge is 0.478 e. The lowest BCUT2D eigenvalue weighted by Gasteiger charge is -2.02. The number of unbranched alkanes of at least 4 members (excludes halogenated alkanes) is 13. The van der Waals surface area contributed by atoms with E-state index in [9.17, 15) is 4.79 Å². The van der Waals surface area contributed by atoms with Gasteiger partial charge in [-0.3, -0.25) is 0 Å². The van der Waals surface area contributed by atoms with E-state index in [1.54, 1.807) is 6.08 Å². The third-order valence-corrected chi connectivity index (χ3v) is 4.18. The molecule has 0 aliphatic rings. The summed E-state index contributed by atoms with van der Waals surface area (Å²) >= 11 is 0. The lowest BCUT2D eigenvalue weighted by molar-refractivity contribution is -0.131. The van der Waals surface area contributed by atoms with Gasteiger partial charge < -0.3 is 5.11 Å². The highest BCUT2D eigenvalue weighted by Crippen LogP contribution is 2.12. The molecule has 0 amide bonds. The lowest BCUT2D eigenvalue weighted by atomic mass is 10.0. The molecule has 0 saturated carbocycles. The molecule has 1 N–H and O–H groups in total. The minimum Gasteiger partial charge on any atom is -0.478 e. The van der Waals surface area contributed by atoms with Crippen molar-refractivity contribution in [1.29, 1.82) is 0 Å². The topological polar surface area (TPSA) is 37.3 Å². The molecule has 0 bridgehead atoms. The third-order valence-electron chi connectivity index (χ3n) is 4.18. The second kappa shape index (κ2) is 19.7. The molecule has 0 radical (unpaired) electrons. The van der Waals surface area contributed by atoms with Crippen LogP contribution < -0.4 is 0 Å². The third kappa shape index (κ3) is 20.7. The fraction of sp³-hybridized carbons (Fsp3) is 0.682. The summed E-state index contributed by atoms with van der Waals surface area (Å²) in [6.45, 7) is 2.27. The molecule has 0 aliphatic heterocycles. The van der Waals surface area contributed by atoms with Crippen molar-refractivity contribution >= 4 is 5.97 Å². The Morgan fingerprint density at radius 1 is 0.667 bits per heavy atom. The summed E-state index contributed by atoms with van der Waals surface area (Å²) in [4.78, 5) is 10.2. The van der Waals surface area contributed by atoms with Crippen LogP contribution >= 0.6 is 0 Å². The Bertz CT molecular complexity index is 353. The van der Waals surface area contributed by atoms with E-state index >= 15 is 0 Å². The van der Waals surface area contributed by atoms with Crippen LogP contribution in [0.25, 0.3) is 0 Å². The van der Waals surface area contributed by atoms with Gasteiger partial charge in [-0.05, 0) is 12.8 Å². The maximum absolute atomic E-state index is 10.2. The molecule has 0 atom stereocenters. The van der Waals surface area contributed by atoms with Gasteiger partial charge in [0.05, 0.1) is 0 Å². The molecule has 2 nitrogen and oxygen atoms in total. The number of carboxylic acids is 1. The zero-order chi connectivity index (χ0) is 17.7. The maximum Gasteiger partial charge on any atom is 0.328 e. The Morgan fingerprint density at radius 2 is 1.12 bits per heavy atom. The van der Waals surface area contributed by atoms with Crippen molar-refractivity contribution in [3.8, 4) is 0 Å². The molecule has 2 heteroatoms. The van der Waals surface area contributed by atoms with E-state index in [0.29, 0.717) is 0 Å². The smallest absolute Gasteiger partial charge is 0.328 e. The number of carbonyl (C=O) groups is 1. The molecule has 0 fully saturated rings.